The first-order valence-electron chi connectivity index (χ1n) is 7.36. The summed E-state index contributed by atoms with van der Waals surface area (Å²) < 4.78 is 64.9. The minimum atomic E-state index is -4.67. The van der Waals surface area contributed by atoms with Gasteiger partial charge in [-0.2, -0.15) is 17.5 Å². The Bertz CT molecular complexity index is 752. The van der Waals surface area contributed by atoms with Gasteiger partial charge in [0.1, 0.15) is 4.90 Å². The van der Waals surface area contributed by atoms with E-state index in [-0.39, 0.29) is 56.1 Å². The van der Waals surface area contributed by atoms with E-state index >= 15 is 0 Å². The van der Waals surface area contributed by atoms with Crippen LogP contribution in [0.15, 0.2) is 23.1 Å². The largest absolute Gasteiger partial charge is 0.416 e. The molecule has 0 bridgehead atoms. The van der Waals surface area contributed by atoms with E-state index in [2.05, 4.69) is 5.32 Å². The van der Waals surface area contributed by atoms with Crippen LogP contribution in [0.1, 0.15) is 5.56 Å². The molecule has 1 aromatic carbocycles. The third-order valence-corrected chi connectivity index (χ3v) is 6.18. The molecule has 0 aliphatic carbocycles. The first kappa shape index (κ1) is 23.0. The smallest absolute Gasteiger partial charge is 0.339 e. The molecule has 0 atom stereocenters. The van der Waals surface area contributed by atoms with Gasteiger partial charge in [-0.15, -0.1) is 12.4 Å². The Labute approximate surface area is 160 Å². The van der Waals surface area contributed by atoms with Gasteiger partial charge in [0.15, 0.2) is 0 Å². The highest BCUT2D eigenvalue weighted by Crippen LogP contribution is 2.34. The molecule has 2 rings (SSSR count). The van der Waals surface area contributed by atoms with Crippen molar-refractivity contribution in [2.45, 2.75) is 11.1 Å². The van der Waals surface area contributed by atoms with E-state index < -0.39 is 26.7 Å². The highest BCUT2D eigenvalue weighted by molar-refractivity contribution is 7.89. The fraction of sp³-hybridized carbons (Fsp3) is 0.500. The zero-order valence-electron chi connectivity index (χ0n) is 13.7. The molecule has 6 nitrogen and oxygen atoms in total. The molecule has 1 N–H and O–H groups in total. The van der Waals surface area contributed by atoms with Crippen LogP contribution >= 0.6 is 24.0 Å². The molecule has 12 heteroatoms. The van der Waals surface area contributed by atoms with Crippen molar-refractivity contribution in [1.82, 2.24) is 14.5 Å². The van der Waals surface area contributed by atoms with Crippen LogP contribution in [0.5, 0.6) is 0 Å². The third-order valence-electron chi connectivity index (χ3n) is 3.80. The molecule has 0 spiro atoms. The second kappa shape index (κ2) is 8.75. The summed E-state index contributed by atoms with van der Waals surface area (Å²) in [6, 6.07) is 2.19. The van der Waals surface area contributed by atoms with Crippen molar-refractivity contribution in [2.24, 2.45) is 0 Å². The maximum absolute atomic E-state index is 12.8. The molecule has 1 aromatic rings. The number of rotatable bonds is 4. The lowest BCUT2D eigenvalue weighted by atomic mass is 10.2. The Morgan fingerprint density at radius 1 is 1.23 bits per heavy atom. The average molecular weight is 436 g/mol. The second-order valence-electron chi connectivity index (χ2n) is 5.46. The molecule has 1 aliphatic heterocycles. The number of hydrogen-bond donors (Lipinski definition) is 1. The number of nitrogens with one attached hydrogen (secondary N) is 1. The zero-order chi connectivity index (χ0) is 18.8. The van der Waals surface area contributed by atoms with Gasteiger partial charge in [-0.25, -0.2) is 8.42 Å². The summed E-state index contributed by atoms with van der Waals surface area (Å²) in [5, 5.41) is 2.44. The topological polar surface area (TPSA) is 69.7 Å². The standard InChI is InChI=1S/C14H17ClF3N3O3S.ClH/c1-19-9-13(22)20-4-6-21(7-5-20)25(23,24)12-8-10(14(16,17)18)2-3-11(12)15;/h2-3,8,19H,4-7,9H2,1H3;1H. The number of alkyl halides is 3. The van der Waals surface area contributed by atoms with Gasteiger partial charge in [-0.1, -0.05) is 11.6 Å². The summed E-state index contributed by atoms with van der Waals surface area (Å²) in [5.41, 5.74) is -1.08. The Morgan fingerprint density at radius 2 is 1.81 bits per heavy atom. The van der Waals surface area contributed by atoms with Crippen molar-refractivity contribution in [3.63, 3.8) is 0 Å². The Hall–Kier alpha value is -1.07. The van der Waals surface area contributed by atoms with Crippen molar-refractivity contribution < 1.29 is 26.4 Å². The number of halogens is 5. The lowest BCUT2D eigenvalue weighted by Crippen LogP contribution is -2.52. The summed E-state index contributed by atoms with van der Waals surface area (Å²) in [6.07, 6.45) is -4.67. The molecule has 0 aromatic heterocycles. The molecule has 1 aliphatic rings. The SMILES string of the molecule is CNCC(=O)N1CCN(S(=O)(=O)c2cc(C(F)(F)F)ccc2Cl)CC1.Cl. The first-order chi connectivity index (χ1) is 11.6. The number of amides is 1. The summed E-state index contributed by atoms with van der Waals surface area (Å²) >= 11 is 5.82. The van der Waals surface area contributed by atoms with E-state index in [4.69, 9.17) is 11.6 Å². The van der Waals surface area contributed by atoms with Crippen molar-refractivity contribution in [3.05, 3.63) is 28.8 Å². The zero-order valence-corrected chi connectivity index (χ0v) is 16.1. The molecule has 0 unspecified atom stereocenters. The number of benzene rings is 1. The van der Waals surface area contributed by atoms with Gasteiger partial charge < -0.3 is 10.2 Å². The molecular weight excluding hydrogens is 418 g/mol. The van der Waals surface area contributed by atoms with E-state index in [1.807, 2.05) is 0 Å². The van der Waals surface area contributed by atoms with Gasteiger partial charge in [-0.05, 0) is 25.2 Å². The summed E-state index contributed by atoms with van der Waals surface area (Å²) in [6.45, 7) is 0.438. The van der Waals surface area contributed by atoms with Crippen LogP contribution < -0.4 is 5.32 Å². The predicted octanol–water partition coefficient (Wildman–Crippen LogP) is 1.83. The van der Waals surface area contributed by atoms with Gasteiger partial charge in [0.2, 0.25) is 15.9 Å². The van der Waals surface area contributed by atoms with E-state index in [1.54, 1.807) is 7.05 Å². The maximum Gasteiger partial charge on any atom is 0.416 e. The molecule has 1 fully saturated rings. The van der Waals surface area contributed by atoms with E-state index in [9.17, 15) is 26.4 Å². The number of carbonyl (C=O) groups is 1. The fourth-order valence-corrected chi connectivity index (χ4v) is 4.38. The highest BCUT2D eigenvalue weighted by Gasteiger charge is 2.35. The Balaban J connectivity index is 0.00000338. The highest BCUT2D eigenvalue weighted by atomic mass is 35.5. The number of likely N-dealkylation sites (N-methyl/N-ethyl adjacent to an activating group) is 1. The number of hydrogen-bond acceptors (Lipinski definition) is 4. The van der Waals surface area contributed by atoms with Gasteiger partial charge >= 0.3 is 6.18 Å². The van der Waals surface area contributed by atoms with Crippen molar-refractivity contribution in [2.75, 3.05) is 39.8 Å². The van der Waals surface area contributed by atoms with Crippen molar-refractivity contribution in [1.29, 1.82) is 0 Å². The molecular formula is C14H18Cl2F3N3O3S. The van der Waals surface area contributed by atoms with E-state index in [0.717, 1.165) is 16.4 Å². The fourth-order valence-electron chi connectivity index (χ4n) is 2.46. The summed E-state index contributed by atoms with van der Waals surface area (Å²) in [4.78, 5) is 12.7. The molecule has 148 valence electrons. The van der Waals surface area contributed by atoms with E-state index in [1.165, 1.54) is 4.90 Å². The first-order valence-corrected chi connectivity index (χ1v) is 9.18. The number of carbonyl (C=O) groups excluding carboxylic acids is 1. The van der Waals surface area contributed by atoms with Gasteiger partial charge in [0, 0.05) is 26.2 Å². The lowest BCUT2D eigenvalue weighted by Gasteiger charge is -2.34. The van der Waals surface area contributed by atoms with Crippen LogP contribution in [0.4, 0.5) is 13.2 Å². The van der Waals surface area contributed by atoms with E-state index in [0.29, 0.717) is 6.07 Å². The minimum Gasteiger partial charge on any atom is -0.339 e. The Kier molecular flexibility index (Phi) is 7.73. The number of piperazine rings is 1. The second-order valence-corrected chi connectivity index (χ2v) is 7.77. The van der Waals surface area contributed by atoms with Crippen LogP contribution in [0.2, 0.25) is 5.02 Å². The van der Waals surface area contributed by atoms with Crippen LogP contribution in [0, 0.1) is 0 Å². The van der Waals surface area contributed by atoms with Gasteiger partial charge in [0.25, 0.3) is 0 Å². The van der Waals surface area contributed by atoms with Gasteiger partial charge in [0.05, 0.1) is 17.1 Å². The third kappa shape index (κ3) is 5.01. The maximum atomic E-state index is 12.8. The Morgan fingerprint density at radius 3 is 2.31 bits per heavy atom. The minimum absolute atomic E-state index is 0. The average Bonchev–Trinajstić information content (AvgIpc) is 2.54. The lowest BCUT2D eigenvalue weighted by molar-refractivity contribution is -0.137. The molecule has 1 saturated heterocycles. The number of nitrogens with zero attached hydrogens (tertiary/aromatic N) is 2. The van der Waals surface area contributed by atoms with Crippen molar-refractivity contribution in [3.8, 4) is 0 Å². The number of sulfonamides is 1. The monoisotopic (exact) mass is 435 g/mol. The van der Waals surface area contributed by atoms with Crippen LogP contribution in [-0.4, -0.2) is 63.3 Å². The van der Waals surface area contributed by atoms with Gasteiger partial charge in [-0.3, -0.25) is 4.79 Å². The molecule has 1 heterocycles. The van der Waals surface area contributed by atoms with Crippen molar-refractivity contribution >= 4 is 39.9 Å². The quantitative estimate of drug-likeness (QED) is 0.782. The molecule has 0 radical (unpaired) electrons. The summed E-state index contributed by atoms with van der Waals surface area (Å²) in [5.74, 6) is -0.170. The summed E-state index contributed by atoms with van der Waals surface area (Å²) in [7, 11) is -2.57. The molecule has 26 heavy (non-hydrogen) atoms. The molecule has 1 amide bonds. The van der Waals surface area contributed by atoms with Crippen LogP contribution in [-0.2, 0) is 21.0 Å². The van der Waals surface area contributed by atoms with Crippen LogP contribution in [0.3, 0.4) is 0 Å². The predicted molar refractivity (Wildman–Crippen MR) is 93.0 cm³/mol. The molecule has 0 saturated carbocycles. The normalized spacial score (nSPS) is 16.3. The van der Waals surface area contributed by atoms with Crippen LogP contribution in [0.25, 0.3) is 0 Å².